The summed E-state index contributed by atoms with van der Waals surface area (Å²) in [4.78, 5) is 21.4. The Labute approximate surface area is 98.4 Å². The van der Waals surface area contributed by atoms with E-state index >= 15 is 0 Å². The topological polar surface area (TPSA) is 57.9 Å². The molecule has 0 saturated carbocycles. The minimum atomic E-state index is -4.85. The van der Waals surface area contributed by atoms with Crippen molar-refractivity contribution in [2.24, 2.45) is 0 Å². The van der Waals surface area contributed by atoms with E-state index in [1.54, 1.807) is 0 Å². The van der Waals surface area contributed by atoms with Crippen molar-refractivity contribution in [3.8, 4) is 6.07 Å². The first-order valence-electron chi connectivity index (χ1n) is 4.11. The first-order valence-corrected chi connectivity index (χ1v) is 4.49. The highest BCUT2D eigenvalue weighted by atomic mass is 35.5. The van der Waals surface area contributed by atoms with E-state index in [9.17, 15) is 22.8 Å². The predicted octanol–water partition coefficient (Wildman–Crippen LogP) is 2.77. The van der Waals surface area contributed by atoms with Crippen molar-refractivity contribution in [3.05, 3.63) is 34.4 Å². The van der Waals surface area contributed by atoms with Crippen LogP contribution in [0.15, 0.2) is 12.1 Å². The molecule has 1 rings (SSSR count). The molecule has 3 nitrogen and oxygen atoms in total. The lowest BCUT2D eigenvalue weighted by Crippen LogP contribution is -2.13. The molecule has 0 aliphatic heterocycles. The number of halogens is 4. The maximum atomic E-state index is 12.6. The number of carbonyl (C=O) groups excluding carboxylic acids is 2. The van der Waals surface area contributed by atoms with E-state index in [2.05, 4.69) is 0 Å². The van der Waals surface area contributed by atoms with Gasteiger partial charge >= 0.3 is 6.18 Å². The van der Waals surface area contributed by atoms with Gasteiger partial charge in [-0.05, 0) is 23.7 Å². The van der Waals surface area contributed by atoms with Crippen molar-refractivity contribution in [3.63, 3.8) is 0 Å². The molecule has 7 heteroatoms. The van der Waals surface area contributed by atoms with Crippen LogP contribution in [0.25, 0.3) is 0 Å². The second-order valence-corrected chi connectivity index (χ2v) is 3.33. The fourth-order valence-electron chi connectivity index (χ4n) is 1.28. The fourth-order valence-corrected chi connectivity index (χ4v) is 1.38. The van der Waals surface area contributed by atoms with Crippen LogP contribution < -0.4 is 0 Å². The highest BCUT2D eigenvalue weighted by Gasteiger charge is 2.37. The van der Waals surface area contributed by atoms with Crippen LogP contribution in [0.1, 0.15) is 31.8 Å². The van der Waals surface area contributed by atoms with Crippen LogP contribution in [0.3, 0.4) is 0 Å². The van der Waals surface area contributed by atoms with Crippen LogP contribution in [0.2, 0.25) is 0 Å². The summed E-state index contributed by atoms with van der Waals surface area (Å²) < 4.78 is 37.8. The minimum Gasteiger partial charge on any atom is -0.298 e. The average molecular weight is 262 g/mol. The van der Waals surface area contributed by atoms with Gasteiger partial charge in [0.05, 0.1) is 17.2 Å². The second kappa shape index (κ2) is 4.55. The van der Waals surface area contributed by atoms with Gasteiger partial charge in [-0.15, -0.1) is 0 Å². The molecule has 0 aromatic heterocycles. The fraction of sp³-hybridized carbons (Fsp3) is 0.100. The van der Waals surface area contributed by atoms with E-state index in [0.717, 1.165) is 0 Å². The Morgan fingerprint density at radius 1 is 1.41 bits per heavy atom. The molecule has 0 bridgehead atoms. The summed E-state index contributed by atoms with van der Waals surface area (Å²) in [6, 6.07) is 2.68. The summed E-state index contributed by atoms with van der Waals surface area (Å²) in [6.45, 7) is 0. The van der Waals surface area contributed by atoms with Crippen molar-refractivity contribution in [1.82, 2.24) is 0 Å². The van der Waals surface area contributed by atoms with Crippen molar-refractivity contribution in [2.45, 2.75) is 6.18 Å². The molecular weight excluding hydrogens is 259 g/mol. The zero-order valence-electron chi connectivity index (χ0n) is 8.01. The number of carbonyl (C=O) groups is 2. The molecule has 0 heterocycles. The molecule has 17 heavy (non-hydrogen) atoms. The molecule has 0 atom stereocenters. The quantitative estimate of drug-likeness (QED) is 0.607. The lowest BCUT2D eigenvalue weighted by molar-refractivity contribution is -0.138. The summed E-state index contributed by atoms with van der Waals surface area (Å²) in [5, 5.41) is 7.54. The van der Waals surface area contributed by atoms with Gasteiger partial charge < -0.3 is 0 Å². The molecule has 0 radical (unpaired) electrons. The molecule has 1 aromatic rings. The molecule has 0 spiro atoms. The molecule has 0 unspecified atom stereocenters. The predicted molar refractivity (Wildman–Crippen MR) is 51.7 cm³/mol. The lowest BCUT2D eigenvalue weighted by Gasteiger charge is -2.11. The Bertz CT molecular complexity index is 532. The molecule has 0 amide bonds. The highest BCUT2D eigenvalue weighted by molar-refractivity contribution is 6.67. The number of alkyl halides is 3. The third kappa shape index (κ3) is 2.63. The third-order valence-electron chi connectivity index (χ3n) is 1.93. The Balaban J connectivity index is 3.66. The van der Waals surface area contributed by atoms with E-state index in [1.165, 1.54) is 6.07 Å². The third-order valence-corrected chi connectivity index (χ3v) is 2.14. The van der Waals surface area contributed by atoms with E-state index in [4.69, 9.17) is 16.9 Å². The number of nitriles is 1. The van der Waals surface area contributed by atoms with Crippen LogP contribution in [-0.4, -0.2) is 11.5 Å². The zero-order valence-corrected chi connectivity index (χ0v) is 8.76. The number of hydrogen-bond donors (Lipinski definition) is 0. The van der Waals surface area contributed by atoms with Gasteiger partial charge in [0.2, 0.25) is 0 Å². The second-order valence-electron chi connectivity index (χ2n) is 2.99. The van der Waals surface area contributed by atoms with Crippen LogP contribution in [0.5, 0.6) is 0 Å². The maximum absolute atomic E-state index is 12.6. The van der Waals surface area contributed by atoms with E-state index in [-0.39, 0.29) is 11.8 Å². The van der Waals surface area contributed by atoms with Crippen LogP contribution in [0.4, 0.5) is 13.2 Å². The number of rotatable bonds is 2. The lowest BCUT2D eigenvalue weighted by atomic mass is 9.99. The van der Waals surface area contributed by atoms with Gasteiger partial charge in [-0.3, -0.25) is 9.59 Å². The van der Waals surface area contributed by atoms with Gasteiger partial charge in [0.15, 0.2) is 6.29 Å². The van der Waals surface area contributed by atoms with Crippen molar-refractivity contribution in [2.75, 3.05) is 0 Å². The largest absolute Gasteiger partial charge is 0.418 e. The minimum absolute atomic E-state index is 0.0764. The van der Waals surface area contributed by atoms with Crippen molar-refractivity contribution >= 4 is 23.1 Å². The standard InChI is InChI=1S/C10H3ClF3NO2/c11-9(17)5-1-6(3-15)8(10(12,13)14)7(2-5)4-16/h1-2,4H. The molecule has 0 saturated heterocycles. The SMILES string of the molecule is N#Cc1cc(C(=O)Cl)cc(C=O)c1C(F)(F)F. The zero-order chi connectivity index (χ0) is 13.2. The summed E-state index contributed by atoms with van der Waals surface area (Å²) in [7, 11) is 0. The molecule has 0 N–H and O–H groups in total. The van der Waals surface area contributed by atoms with Gasteiger partial charge in [0.1, 0.15) is 0 Å². The Morgan fingerprint density at radius 2 is 2.00 bits per heavy atom. The number of aldehydes is 1. The van der Waals surface area contributed by atoms with Crippen LogP contribution in [0, 0.1) is 11.3 Å². The van der Waals surface area contributed by atoms with Crippen LogP contribution in [-0.2, 0) is 6.18 Å². The molecule has 0 fully saturated rings. The number of benzene rings is 1. The van der Waals surface area contributed by atoms with Gasteiger partial charge in [-0.25, -0.2) is 0 Å². The Hall–Kier alpha value is -1.87. The normalized spacial score (nSPS) is 10.8. The van der Waals surface area contributed by atoms with Gasteiger partial charge in [0, 0.05) is 11.1 Å². The maximum Gasteiger partial charge on any atom is 0.418 e. The smallest absolute Gasteiger partial charge is 0.298 e. The first kappa shape index (κ1) is 13.2. The first-order chi connectivity index (χ1) is 7.81. The number of nitrogens with zero attached hydrogens (tertiary/aromatic N) is 1. The molecule has 1 aromatic carbocycles. The highest BCUT2D eigenvalue weighted by Crippen LogP contribution is 2.34. The Morgan fingerprint density at radius 3 is 2.35 bits per heavy atom. The molecule has 0 aliphatic carbocycles. The summed E-state index contributed by atoms with van der Waals surface area (Å²) in [5.74, 6) is 0. The monoisotopic (exact) mass is 261 g/mol. The van der Waals surface area contributed by atoms with Gasteiger partial charge in [-0.1, -0.05) is 0 Å². The molecule has 88 valence electrons. The molecular formula is C10H3ClF3NO2. The van der Waals surface area contributed by atoms with Crippen molar-refractivity contribution in [1.29, 1.82) is 5.26 Å². The number of hydrogen-bond acceptors (Lipinski definition) is 3. The average Bonchev–Trinajstić information content (AvgIpc) is 2.25. The van der Waals surface area contributed by atoms with Crippen LogP contribution >= 0.6 is 11.6 Å². The Kier molecular flexibility index (Phi) is 3.53. The summed E-state index contributed by atoms with van der Waals surface area (Å²) >= 11 is 5.08. The van der Waals surface area contributed by atoms with E-state index in [1.807, 2.05) is 0 Å². The van der Waals surface area contributed by atoms with E-state index in [0.29, 0.717) is 12.1 Å². The summed E-state index contributed by atoms with van der Waals surface area (Å²) in [6.07, 6.45) is -4.93. The van der Waals surface area contributed by atoms with E-state index < -0.39 is 28.1 Å². The van der Waals surface area contributed by atoms with Gasteiger partial charge in [-0.2, -0.15) is 18.4 Å². The molecule has 0 aliphatic rings. The van der Waals surface area contributed by atoms with Crippen molar-refractivity contribution < 1.29 is 22.8 Å². The summed E-state index contributed by atoms with van der Waals surface area (Å²) in [5.41, 5.74) is -3.30. The van der Waals surface area contributed by atoms with Gasteiger partial charge in [0.25, 0.3) is 5.24 Å².